The zero-order valence-corrected chi connectivity index (χ0v) is 12.5. The molecule has 0 unspecified atom stereocenters. The molecule has 1 aromatic carbocycles. The van der Waals surface area contributed by atoms with E-state index in [1.165, 1.54) is 5.56 Å². The Morgan fingerprint density at radius 2 is 2.00 bits per heavy atom. The molecule has 0 atom stereocenters. The summed E-state index contributed by atoms with van der Waals surface area (Å²) < 4.78 is 7.94. The predicted molar refractivity (Wildman–Crippen MR) is 80.8 cm³/mol. The second kappa shape index (κ2) is 7.10. The molecule has 0 aliphatic rings. The van der Waals surface area contributed by atoms with Gasteiger partial charge in [-0.1, -0.05) is 19.1 Å². The first-order valence-electron chi connectivity index (χ1n) is 7.14. The number of imidazole rings is 1. The van der Waals surface area contributed by atoms with Crippen molar-refractivity contribution in [3.63, 3.8) is 0 Å². The summed E-state index contributed by atoms with van der Waals surface area (Å²) in [6, 6.07) is 8.62. The summed E-state index contributed by atoms with van der Waals surface area (Å²) in [6.07, 6.45) is 3.71. The Morgan fingerprint density at radius 3 is 2.65 bits per heavy atom. The molecule has 2 rings (SSSR count). The van der Waals surface area contributed by atoms with Crippen molar-refractivity contribution < 1.29 is 4.74 Å². The van der Waals surface area contributed by atoms with Crippen molar-refractivity contribution in [2.75, 3.05) is 6.54 Å². The third kappa shape index (κ3) is 3.84. The van der Waals surface area contributed by atoms with Gasteiger partial charge in [-0.25, -0.2) is 4.98 Å². The fraction of sp³-hybridized carbons (Fsp3) is 0.438. The lowest BCUT2D eigenvalue weighted by Gasteiger charge is -2.12. The lowest BCUT2D eigenvalue weighted by atomic mass is 10.2. The number of hydrogen-bond acceptors (Lipinski definition) is 3. The molecule has 2 aromatic rings. The molecule has 0 fully saturated rings. The highest BCUT2D eigenvalue weighted by Gasteiger charge is 2.06. The van der Waals surface area contributed by atoms with Gasteiger partial charge in [0.05, 0.1) is 18.2 Å². The van der Waals surface area contributed by atoms with Crippen molar-refractivity contribution in [1.82, 2.24) is 14.9 Å². The fourth-order valence-electron chi connectivity index (χ4n) is 2.04. The van der Waals surface area contributed by atoms with Gasteiger partial charge in [-0.3, -0.25) is 0 Å². The molecule has 1 aromatic heterocycles. The van der Waals surface area contributed by atoms with Gasteiger partial charge in [0, 0.05) is 12.6 Å². The normalized spacial score (nSPS) is 11.0. The maximum absolute atomic E-state index is 5.82. The van der Waals surface area contributed by atoms with Gasteiger partial charge >= 0.3 is 0 Å². The summed E-state index contributed by atoms with van der Waals surface area (Å²) in [5.74, 6) is 0.891. The number of rotatable bonds is 7. The number of aromatic nitrogens is 2. The topological polar surface area (TPSA) is 39.1 Å². The SMILES string of the molecule is CCNCc1ccc(OCc2cncn2C(C)C)cc1. The van der Waals surface area contributed by atoms with E-state index in [0.29, 0.717) is 12.6 Å². The molecule has 0 aliphatic carbocycles. The summed E-state index contributed by atoms with van der Waals surface area (Å²) in [7, 11) is 0. The zero-order valence-electron chi connectivity index (χ0n) is 12.5. The zero-order chi connectivity index (χ0) is 14.4. The van der Waals surface area contributed by atoms with E-state index in [0.717, 1.165) is 24.5 Å². The first-order chi connectivity index (χ1) is 9.70. The average molecular weight is 273 g/mol. The molecule has 0 saturated heterocycles. The Balaban J connectivity index is 1.92. The van der Waals surface area contributed by atoms with Crippen LogP contribution in [0.4, 0.5) is 0 Å². The van der Waals surface area contributed by atoms with E-state index in [-0.39, 0.29) is 0 Å². The van der Waals surface area contributed by atoms with Crippen LogP contribution in [0.15, 0.2) is 36.8 Å². The molecule has 0 radical (unpaired) electrons. The molecule has 4 nitrogen and oxygen atoms in total. The largest absolute Gasteiger partial charge is 0.487 e. The van der Waals surface area contributed by atoms with Gasteiger partial charge in [-0.05, 0) is 38.1 Å². The Morgan fingerprint density at radius 1 is 1.25 bits per heavy atom. The second-order valence-corrected chi connectivity index (χ2v) is 5.10. The molecule has 0 spiro atoms. The van der Waals surface area contributed by atoms with Gasteiger partial charge in [0.15, 0.2) is 0 Å². The second-order valence-electron chi connectivity index (χ2n) is 5.10. The van der Waals surface area contributed by atoms with Crippen molar-refractivity contribution in [2.45, 2.75) is 40.0 Å². The summed E-state index contributed by atoms with van der Waals surface area (Å²) in [5, 5.41) is 3.31. The van der Waals surface area contributed by atoms with Crippen LogP contribution in [0.5, 0.6) is 5.75 Å². The minimum atomic E-state index is 0.401. The molecule has 108 valence electrons. The maximum atomic E-state index is 5.82. The Hall–Kier alpha value is -1.81. The van der Waals surface area contributed by atoms with Crippen molar-refractivity contribution >= 4 is 0 Å². The summed E-state index contributed by atoms with van der Waals surface area (Å²) in [4.78, 5) is 4.18. The molecule has 0 bridgehead atoms. The number of hydrogen-bond donors (Lipinski definition) is 1. The van der Waals surface area contributed by atoms with Crippen molar-refractivity contribution in [3.8, 4) is 5.75 Å². The lowest BCUT2D eigenvalue weighted by molar-refractivity contribution is 0.292. The van der Waals surface area contributed by atoms with Gasteiger partial charge in [0.25, 0.3) is 0 Å². The van der Waals surface area contributed by atoms with Crippen LogP contribution >= 0.6 is 0 Å². The third-order valence-electron chi connectivity index (χ3n) is 3.19. The smallest absolute Gasteiger partial charge is 0.130 e. The van der Waals surface area contributed by atoms with Gasteiger partial charge in [0.1, 0.15) is 12.4 Å². The van der Waals surface area contributed by atoms with Crippen LogP contribution in [0.3, 0.4) is 0 Å². The molecule has 20 heavy (non-hydrogen) atoms. The first-order valence-corrected chi connectivity index (χ1v) is 7.14. The molecule has 0 aliphatic heterocycles. The summed E-state index contributed by atoms with van der Waals surface area (Å²) in [6.45, 7) is 8.82. The molecule has 4 heteroatoms. The van der Waals surface area contributed by atoms with E-state index >= 15 is 0 Å². The number of nitrogens with one attached hydrogen (secondary N) is 1. The van der Waals surface area contributed by atoms with E-state index in [9.17, 15) is 0 Å². The number of nitrogens with zero attached hydrogens (tertiary/aromatic N) is 2. The van der Waals surface area contributed by atoms with Crippen molar-refractivity contribution in [3.05, 3.63) is 48.0 Å². The Bertz CT molecular complexity index is 517. The highest BCUT2D eigenvalue weighted by atomic mass is 16.5. The van der Waals surface area contributed by atoms with Crippen LogP contribution in [-0.4, -0.2) is 16.1 Å². The van der Waals surface area contributed by atoms with E-state index < -0.39 is 0 Å². The van der Waals surface area contributed by atoms with Gasteiger partial charge in [0.2, 0.25) is 0 Å². The molecule has 1 N–H and O–H groups in total. The van der Waals surface area contributed by atoms with Gasteiger partial charge in [-0.15, -0.1) is 0 Å². The molecular weight excluding hydrogens is 250 g/mol. The number of benzene rings is 1. The Labute approximate surface area is 120 Å². The van der Waals surface area contributed by atoms with E-state index in [4.69, 9.17) is 4.74 Å². The van der Waals surface area contributed by atoms with Gasteiger partial charge in [-0.2, -0.15) is 0 Å². The van der Waals surface area contributed by atoms with Crippen LogP contribution in [0.25, 0.3) is 0 Å². The first kappa shape index (κ1) is 14.6. The summed E-state index contributed by atoms with van der Waals surface area (Å²) >= 11 is 0. The fourth-order valence-corrected chi connectivity index (χ4v) is 2.04. The minimum absolute atomic E-state index is 0.401. The highest BCUT2D eigenvalue weighted by Crippen LogP contribution is 2.15. The molecular formula is C16H23N3O. The number of ether oxygens (including phenoxy) is 1. The highest BCUT2D eigenvalue weighted by molar-refractivity contribution is 5.27. The summed E-state index contributed by atoms with van der Waals surface area (Å²) in [5.41, 5.74) is 2.36. The molecule has 0 amide bonds. The monoisotopic (exact) mass is 273 g/mol. The molecule has 1 heterocycles. The standard InChI is InChI=1S/C16H23N3O/c1-4-17-9-14-5-7-16(8-6-14)20-11-15-10-18-12-19(15)13(2)3/h5-8,10,12-13,17H,4,9,11H2,1-3H3. The van der Waals surface area contributed by atoms with Crippen molar-refractivity contribution in [2.24, 2.45) is 0 Å². The van der Waals surface area contributed by atoms with Crippen LogP contribution in [0, 0.1) is 0 Å². The molecule has 0 saturated carbocycles. The quantitative estimate of drug-likeness (QED) is 0.842. The van der Waals surface area contributed by atoms with Crippen LogP contribution in [0.2, 0.25) is 0 Å². The van der Waals surface area contributed by atoms with Crippen LogP contribution < -0.4 is 10.1 Å². The van der Waals surface area contributed by atoms with Crippen LogP contribution in [0.1, 0.15) is 38.1 Å². The van der Waals surface area contributed by atoms with E-state index in [1.807, 2.05) is 24.7 Å². The Kier molecular flexibility index (Phi) is 5.18. The van der Waals surface area contributed by atoms with Crippen molar-refractivity contribution in [1.29, 1.82) is 0 Å². The van der Waals surface area contributed by atoms with Crippen LogP contribution in [-0.2, 0) is 13.2 Å². The minimum Gasteiger partial charge on any atom is -0.487 e. The predicted octanol–water partition coefficient (Wildman–Crippen LogP) is 3.15. The maximum Gasteiger partial charge on any atom is 0.130 e. The average Bonchev–Trinajstić information content (AvgIpc) is 2.92. The third-order valence-corrected chi connectivity index (χ3v) is 3.19. The lowest BCUT2D eigenvalue weighted by Crippen LogP contribution is -2.11. The van der Waals surface area contributed by atoms with E-state index in [2.05, 4.69) is 47.8 Å². The van der Waals surface area contributed by atoms with E-state index in [1.54, 1.807) is 0 Å². The van der Waals surface area contributed by atoms with Gasteiger partial charge < -0.3 is 14.6 Å².